The Hall–Kier alpha value is -1.11. The lowest BCUT2D eigenvalue weighted by atomic mass is 9.95. The van der Waals surface area contributed by atoms with Gasteiger partial charge in [-0.2, -0.15) is 0 Å². The van der Waals surface area contributed by atoms with E-state index in [-0.39, 0.29) is 0 Å². The van der Waals surface area contributed by atoms with Gasteiger partial charge in [-0.3, -0.25) is 4.98 Å². The van der Waals surface area contributed by atoms with Crippen molar-refractivity contribution in [2.75, 3.05) is 0 Å². The van der Waals surface area contributed by atoms with E-state index in [1.807, 2.05) is 40.1 Å². The van der Waals surface area contributed by atoms with Crippen LogP contribution in [0.15, 0.2) is 24.0 Å². The molecule has 0 amide bonds. The molecule has 0 N–H and O–H groups in total. The average Bonchev–Trinajstić information content (AvgIpc) is 3.15. The topological polar surface area (TPSA) is 12.9 Å². The van der Waals surface area contributed by atoms with Crippen LogP contribution in [-0.4, -0.2) is 4.98 Å². The number of nitrogens with zero attached hydrogens (tertiary/aromatic N) is 1. The Morgan fingerprint density at radius 1 is 1.12 bits per heavy atom. The molecule has 2 atom stereocenters. The van der Waals surface area contributed by atoms with Gasteiger partial charge in [-0.15, -0.1) is 0 Å². The molecule has 0 aliphatic heterocycles. The average molecular weight is 217 g/mol. The highest BCUT2D eigenvalue weighted by molar-refractivity contribution is 5.63. The second kappa shape index (κ2) is 5.83. The van der Waals surface area contributed by atoms with Gasteiger partial charge in [0, 0.05) is 12.4 Å². The minimum atomic E-state index is 0.804. The summed E-state index contributed by atoms with van der Waals surface area (Å²) in [6, 6.07) is 2.12. The molecule has 2 aliphatic carbocycles. The Kier molecular flexibility index (Phi) is 4.72. The third-order valence-corrected chi connectivity index (χ3v) is 3.05. The fourth-order valence-electron chi connectivity index (χ4n) is 2.25. The first-order valence-electron chi connectivity index (χ1n) is 6.48. The third-order valence-electron chi connectivity index (χ3n) is 3.05. The normalized spacial score (nSPS) is 23.4. The van der Waals surface area contributed by atoms with Crippen LogP contribution in [0.25, 0.3) is 6.08 Å². The van der Waals surface area contributed by atoms with Gasteiger partial charge in [0.25, 0.3) is 0 Å². The van der Waals surface area contributed by atoms with E-state index < -0.39 is 0 Å². The highest BCUT2D eigenvalue weighted by Gasteiger charge is 2.42. The molecule has 1 heteroatoms. The number of hydrogen-bond donors (Lipinski definition) is 0. The lowest BCUT2D eigenvalue weighted by Gasteiger charge is -2.11. The van der Waals surface area contributed by atoms with E-state index in [0.717, 1.165) is 11.8 Å². The molecule has 1 nitrogen and oxygen atoms in total. The van der Waals surface area contributed by atoms with Gasteiger partial charge in [0.15, 0.2) is 0 Å². The van der Waals surface area contributed by atoms with Gasteiger partial charge in [-0.1, -0.05) is 39.3 Å². The Bertz CT molecular complexity index is 365. The highest BCUT2D eigenvalue weighted by Crippen LogP contribution is 2.55. The van der Waals surface area contributed by atoms with Crippen LogP contribution in [-0.2, 0) is 0 Å². The van der Waals surface area contributed by atoms with Crippen molar-refractivity contribution in [3.8, 4) is 0 Å². The Balaban J connectivity index is 0.000000291. The maximum atomic E-state index is 4.17. The van der Waals surface area contributed by atoms with Crippen LogP contribution in [0.2, 0.25) is 0 Å². The molecule has 1 fully saturated rings. The smallest absolute Gasteiger partial charge is 0.0308 e. The molecule has 1 aromatic heterocycles. The molecule has 0 aromatic carbocycles. The second-order valence-electron chi connectivity index (χ2n) is 3.84. The van der Waals surface area contributed by atoms with Crippen molar-refractivity contribution in [1.29, 1.82) is 0 Å². The summed E-state index contributed by atoms with van der Waals surface area (Å²) in [6.07, 6.45) is 7.57. The highest BCUT2D eigenvalue weighted by atomic mass is 14.6. The van der Waals surface area contributed by atoms with Crippen LogP contribution in [0.1, 0.15) is 58.1 Å². The van der Waals surface area contributed by atoms with Crippen LogP contribution in [0.4, 0.5) is 0 Å². The van der Waals surface area contributed by atoms with Gasteiger partial charge < -0.3 is 0 Å². The van der Waals surface area contributed by atoms with Crippen LogP contribution < -0.4 is 0 Å². The molecule has 88 valence electrons. The number of allylic oxidation sites excluding steroid dienone is 1. The summed E-state index contributed by atoms with van der Waals surface area (Å²) in [4.78, 5) is 4.17. The Morgan fingerprint density at radius 3 is 2.50 bits per heavy atom. The van der Waals surface area contributed by atoms with Crippen molar-refractivity contribution in [1.82, 2.24) is 4.98 Å². The predicted octanol–water partition coefficient (Wildman–Crippen LogP) is 4.65. The lowest BCUT2D eigenvalue weighted by molar-refractivity contribution is 0.920. The first-order valence-corrected chi connectivity index (χ1v) is 6.48. The SMILES string of the molecule is CC.CC.CC1=Cc2ccncc2C2CC12. The monoisotopic (exact) mass is 217 g/mol. The van der Waals surface area contributed by atoms with E-state index in [4.69, 9.17) is 0 Å². The van der Waals surface area contributed by atoms with Crippen LogP contribution >= 0.6 is 0 Å². The van der Waals surface area contributed by atoms with Gasteiger partial charge in [-0.25, -0.2) is 0 Å². The molecule has 3 rings (SSSR count). The number of fused-ring (bicyclic) bond motifs is 3. The molecule has 1 heterocycles. The van der Waals surface area contributed by atoms with E-state index in [0.29, 0.717) is 0 Å². The molecule has 0 bridgehead atoms. The number of aromatic nitrogens is 1. The van der Waals surface area contributed by atoms with E-state index in [1.54, 1.807) is 5.57 Å². The van der Waals surface area contributed by atoms with E-state index in [2.05, 4.69) is 24.1 Å². The largest absolute Gasteiger partial charge is 0.264 e. The molecule has 1 aromatic rings. The van der Waals surface area contributed by atoms with Crippen LogP contribution in [0.5, 0.6) is 0 Å². The van der Waals surface area contributed by atoms with Crippen molar-refractivity contribution in [3.05, 3.63) is 35.2 Å². The maximum Gasteiger partial charge on any atom is 0.0308 e. The van der Waals surface area contributed by atoms with Gasteiger partial charge >= 0.3 is 0 Å². The summed E-state index contributed by atoms with van der Waals surface area (Å²) < 4.78 is 0. The van der Waals surface area contributed by atoms with Crippen LogP contribution in [0.3, 0.4) is 0 Å². The zero-order chi connectivity index (χ0) is 12.1. The molecule has 1 saturated carbocycles. The summed E-state index contributed by atoms with van der Waals surface area (Å²) in [5.74, 6) is 1.65. The van der Waals surface area contributed by atoms with Gasteiger partial charge in [-0.05, 0) is 42.4 Å². The fraction of sp³-hybridized carbons (Fsp3) is 0.533. The summed E-state index contributed by atoms with van der Waals surface area (Å²) in [5.41, 5.74) is 4.41. The zero-order valence-corrected chi connectivity index (χ0v) is 11.1. The summed E-state index contributed by atoms with van der Waals surface area (Å²) in [6.45, 7) is 10.2. The summed E-state index contributed by atoms with van der Waals surface area (Å²) in [5, 5.41) is 0. The minimum absolute atomic E-state index is 0.804. The van der Waals surface area contributed by atoms with Crippen molar-refractivity contribution >= 4 is 6.08 Å². The number of hydrogen-bond acceptors (Lipinski definition) is 1. The quantitative estimate of drug-likeness (QED) is 0.616. The lowest BCUT2D eigenvalue weighted by Crippen LogP contribution is -1.96. The number of rotatable bonds is 0. The van der Waals surface area contributed by atoms with E-state index in [9.17, 15) is 0 Å². The fourth-order valence-corrected chi connectivity index (χ4v) is 2.25. The Morgan fingerprint density at radius 2 is 1.81 bits per heavy atom. The first kappa shape index (κ1) is 13.0. The summed E-state index contributed by atoms with van der Waals surface area (Å²) >= 11 is 0. The molecule has 0 saturated heterocycles. The van der Waals surface area contributed by atoms with Crippen molar-refractivity contribution < 1.29 is 0 Å². The van der Waals surface area contributed by atoms with Gasteiger partial charge in [0.2, 0.25) is 0 Å². The molecule has 0 spiro atoms. The summed E-state index contributed by atoms with van der Waals surface area (Å²) in [7, 11) is 0. The van der Waals surface area contributed by atoms with Gasteiger partial charge in [0.05, 0.1) is 0 Å². The zero-order valence-electron chi connectivity index (χ0n) is 11.1. The van der Waals surface area contributed by atoms with E-state index >= 15 is 0 Å². The van der Waals surface area contributed by atoms with E-state index in [1.165, 1.54) is 17.5 Å². The van der Waals surface area contributed by atoms with Gasteiger partial charge in [0.1, 0.15) is 0 Å². The molecule has 2 unspecified atom stereocenters. The number of pyridine rings is 1. The maximum absolute atomic E-state index is 4.17. The molecule has 16 heavy (non-hydrogen) atoms. The van der Waals surface area contributed by atoms with Crippen LogP contribution in [0, 0.1) is 5.92 Å². The third kappa shape index (κ3) is 2.34. The molecular formula is C15H23N. The minimum Gasteiger partial charge on any atom is -0.264 e. The molecular weight excluding hydrogens is 194 g/mol. The predicted molar refractivity (Wildman–Crippen MR) is 71.4 cm³/mol. The van der Waals surface area contributed by atoms with Crippen molar-refractivity contribution in [2.24, 2.45) is 5.92 Å². The van der Waals surface area contributed by atoms with Crippen molar-refractivity contribution in [3.63, 3.8) is 0 Å². The van der Waals surface area contributed by atoms with Crippen molar-refractivity contribution in [2.45, 2.75) is 47.0 Å². The second-order valence-corrected chi connectivity index (χ2v) is 3.84. The molecule has 0 radical (unpaired) electrons. The standard InChI is InChI=1S/C11H11N.2C2H6/c1-7-4-8-2-3-12-6-11(8)10-5-9(7)10;2*1-2/h2-4,6,9-10H,5H2,1H3;2*1-2H3. The first-order chi connectivity index (χ1) is 7.86. The Labute approximate surface area is 99.6 Å². The molecule has 2 aliphatic rings.